The molecule has 11 heteroatoms. The molecule has 132 valence electrons. The van der Waals surface area contributed by atoms with Crippen LogP contribution in [0.5, 0.6) is 0 Å². The van der Waals surface area contributed by atoms with E-state index in [1.54, 1.807) is 14.0 Å². The number of hydrogen-bond acceptors (Lipinski definition) is 6. The van der Waals surface area contributed by atoms with Crippen LogP contribution in [0, 0.1) is 12.8 Å². The fourth-order valence-corrected chi connectivity index (χ4v) is 5.09. The van der Waals surface area contributed by atoms with Gasteiger partial charge in [0.05, 0.1) is 30.7 Å². The topological polar surface area (TPSA) is 111 Å². The molecule has 0 saturated carbocycles. The molecule has 0 bridgehead atoms. The Labute approximate surface area is 136 Å². The summed E-state index contributed by atoms with van der Waals surface area (Å²) in [6.07, 6.45) is 1.42. The minimum atomic E-state index is -3.78. The van der Waals surface area contributed by atoms with Crippen LogP contribution in [-0.4, -0.2) is 70.0 Å². The van der Waals surface area contributed by atoms with E-state index in [-0.39, 0.29) is 23.9 Å². The molecule has 1 aromatic heterocycles. The maximum absolute atomic E-state index is 12.5. The molecule has 1 aromatic rings. The van der Waals surface area contributed by atoms with Crippen LogP contribution in [-0.2, 0) is 31.8 Å². The highest BCUT2D eigenvalue weighted by molar-refractivity contribution is 7.89. The number of aromatic nitrogens is 2. The van der Waals surface area contributed by atoms with E-state index in [9.17, 15) is 16.8 Å². The molecular weight excluding hydrogens is 344 g/mol. The molecule has 1 aliphatic rings. The highest BCUT2D eigenvalue weighted by Gasteiger charge is 2.36. The van der Waals surface area contributed by atoms with Crippen LogP contribution in [0.3, 0.4) is 0 Å². The van der Waals surface area contributed by atoms with Crippen LogP contribution in [0.25, 0.3) is 0 Å². The number of sulfonamides is 2. The van der Waals surface area contributed by atoms with Gasteiger partial charge < -0.3 is 4.74 Å². The lowest BCUT2D eigenvalue weighted by Gasteiger charge is -2.20. The summed E-state index contributed by atoms with van der Waals surface area (Å²) in [5.41, 5.74) is 0.386. The number of nitrogens with zero attached hydrogens (tertiary/aromatic N) is 3. The fourth-order valence-electron chi connectivity index (χ4n) is 2.42. The number of rotatable bonds is 6. The fraction of sp³-hybridized carbons (Fsp3) is 0.750. The first kappa shape index (κ1) is 18.3. The minimum absolute atomic E-state index is 0.0844. The van der Waals surface area contributed by atoms with Gasteiger partial charge in [-0.15, -0.1) is 0 Å². The molecule has 1 saturated heterocycles. The molecule has 2 rings (SSSR count). The Morgan fingerprint density at radius 2 is 2.00 bits per heavy atom. The third-order valence-corrected chi connectivity index (χ3v) is 7.30. The van der Waals surface area contributed by atoms with Crippen molar-refractivity contribution >= 4 is 20.0 Å². The molecule has 0 amide bonds. The zero-order valence-corrected chi connectivity index (χ0v) is 15.2. The van der Waals surface area contributed by atoms with Gasteiger partial charge in [-0.05, 0) is 6.92 Å². The quantitative estimate of drug-likeness (QED) is 0.685. The lowest BCUT2D eigenvalue weighted by molar-refractivity contribution is 0.185. The van der Waals surface area contributed by atoms with E-state index in [0.29, 0.717) is 5.69 Å². The van der Waals surface area contributed by atoms with Gasteiger partial charge in [0.25, 0.3) is 0 Å². The number of hydrogen-bond donors (Lipinski definition) is 1. The molecule has 1 fully saturated rings. The van der Waals surface area contributed by atoms with E-state index in [2.05, 4.69) is 9.82 Å². The van der Waals surface area contributed by atoms with Crippen molar-refractivity contribution in [3.8, 4) is 0 Å². The highest BCUT2D eigenvalue weighted by atomic mass is 32.2. The van der Waals surface area contributed by atoms with Gasteiger partial charge in [-0.1, -0.05) is 0 Å². The Bertz CT molecular complexity index is 769. The Kier molecular flexibility index (Phi) is 5.16. The summed E-state index contributed by atoms with van der Waals surface area (Å²) < 4.78 is 59.4. The van der Waals surface area contributed by atoms with E-state index in [1.807, 2.05) is 0 Å². The van der Waals surface area contributed by atoms with Crippen LogP contribution in [0.15, 0.2) is 11.1 Å². The summed E-state index contributed by atoms with van der Waals surface area (Å²) in [5, 5.41) is 4.02. The van der Waals surface area contributed by atoms with Crippen LogP contribution in [0.2, 0.25) is 0 Å². The van der Waals surface area contributed by atoms with Gasteiger partial charge in [-0.25, -0.2) is 25.9 Å². The van der Waals surface area contributed by atoms with Crippen molar-refractivity contribution in [1.82, 2.24) is 18.8 Å². The van der Waals surface area contributed by atoms with Crippen molar-refractivity contribution in [2.45, 2.75) is 17.9 Å². The third kappa shape index (κ3) is 4.10. The summed E-state index contributed by atoms with van der Waals surface area (Å²) in [7, 11) is -2.69. The summed E-state index contributed by atoms with van der Waals surface area (Å²) in [6, 6.07) is -0.589. The Morgan fingerprint density at radius 3 is 2.52 bits per heavy atom. The highest BCUT2D eigenvalue weighted by Crippen LogP contribution is 2.20. The van der Waals surface area contributed by atoms with Crippen LogP contribution >= 0.6 is 0 Å². The first-order valence-corrected chi connectivity index (χ1v) is 10.1. The average Bonchev–Trinajstić information content (AvgIpc) is 2.95. The van der Waals surface area contributed by atoms with Gasteiger partial charge >= 0.3 is 0 Å². The summed E-state index contributed by atoms with van der Waals surface area (Å²) in [5.74, 6) is -0.603. The zero-order valence-electron chi connectivity index (χ0n) is 13.6. The first-order valence-electron chi connectivity index (χ1n) is 7.03. The smallest absolute Gasteiger partial charge is 0.244 e. The Balaban J connectivity index is 2.17. The van der Waals surface area contributed by atoms with Crippen molar-refractivity contribution in [3.63, 3.8) is 0 Å². The normalized spacial score (nSPS) is 22.8. The van der Waals surface area contributed by atoms with Gasteiger partial charge in [-0.3, -0.25) is 4.68 Å². The molecule has 2 atom stereocenters. The largest absolute Gasteiger partial charge is 0.379 e. The number of nitrogens with one attached hydrogen (secondary N) is 1. The summed E-state index contributed by atoms with van der Waals surface area (Å²) in [4.78, 5) is 0.0844. The SMILES string of the molecule is Cc1nn(C)cc1S(=O)(=O)N[C@H]1COC[C@H]1CS(=O)(=O)N(C)C. The minimum Gasteiger partial charge on any atom is -0.379 e. The van der Waals surface area contributed by atoms with Crippen LogP contribution in [0.4, 0.5) is 0 Å². The van der Waals surface area contributed by atoms with Crippen molar-refractivity contribution in [3.05, 3.63) is 11.9 Å². The van der Waals surface area contributed by atoms with Crippen LogP contribution in [0.1, 0.15) is 5.69 Å². The molecule has 1 aliphatic heterocycles. The summed E-state index contributed by atoms with van der Waals surface area (Å²) >= 11 is 0. The van der Waals surface area contributed by atoms with Gasteiger partial charge in [0.1, 0.15) is 4.90 Å². The zero-order chi connectivity index (χ0) is 17.4. The molecule has 0 spiro atoms. The second kappa shape index (κ2) is 6.48. The Hall–Kier alpha value is -1.01. The maximum Gasteiger partial charge on any atom is 0.244 e. The van der Waals surface area contributed by atoms with Crippen LogP contribution < -0.4 is 4.72 Å². The van der Waals surface area contributed by atoms with E-state index >= 15 is 0 Å². The molecule has 0 unspecified atom stereocenters. The van der Waals surface area contributed by atoms with Crippen molar-refractivity contribution in [1.29, 1.82) is 0 Å². The standard InChI is InChI=1S/C12H22N4O5S2/c1-9-12(5-16(4)13-9)23(19,20)14-11-7-21-6-10(11)8-22(17,18)15(2)3/h5,10-11,14H,6-8H2,1-4H3/t10-,11-/m0/s1. The van der Waals surface area contributed by atoms with Crippen molar-refractivity contribution < 1.29 is 21.6 Å². The molecule has 9 nitrogen and oxygen atoms in total. The summed E-state index contributed by atoms with van der Waals surface area (Å²) in [6.45, 7) is 1.95. The van der Waals surface area contributed by atoms with Gasteiger partial charge in [0.2, 0.25) is 20.0 Å². The predicted molar refractivity (Wildman–Crippen MR) is 83.8 cm³/mol. The van der Waals surface area contributed by atoms with Gasteiger partial charge in [0.15, 0.2) is 0 Å². The molecule has 23 heavy (non-hydrogen) atoms. The molecule has 0 radical (unpaired) electrons. The molecular formula is C12H22N4O5S2. The van der Waals surface area contributed by atoms with E-state index < -0.39 is 32.0 Å². The van der Waals surface area contributed by atoms with Crippen molar-refractivity contribution in [2.24, 2.45) is 13.0 Å². The molecule has 1 N–H and O–H groups in total. The second-order valence-electron chi connectivity index (χ2n) is 5.84. The van der Waals surface area contributed by atoms with E-state index in [0.717, 1.165) is 4.31 Å². The lowest BCUT2D eigenvalue weighted by Crippen LogP contribution is -2.43. The third-order valence-electron chi connectivity index (χ3n) is 3.74. The van der Waals surface area contributed by atoms with E-state index in [4.69, 9.17) is 4.74 Å². The van der Waals surface area contributed by atoms with Gasteiger partial charge in [-0.2, -0.15) is 5.10 Å². The second-order valence-corrected chi connectivity index (χ2v) is 9.75. The molecule has 2 heterocycles. The maximum atomic E-state index is 12.5. The number of ether oxygens (including phenoxy) is 1. The van der Waals surface area contributed by atoms with E-state index in [1.165, 1.54) is 25.0 Å². The molecule has 0 aliphatic carbocycles. The number of aryl methyl sites for hydroxylation is 2. The Morgan fingerprint density at radius 1 is 1.35 bits per heavy atom. The molecule has 0 aromatic carbocycles. The predicted octanol–water partition coefficient (Wildman–Crippen LogP) is -1.09. The first-order chi connectivity index (χ1) is 10.5. The average molecular weight is 366 g/mol. The monoisotopic (exact) mass is 366 g/mol. The lowest BCUT2D eigenvalue weighted by atomic mass is 10.1. The van der Waals surface area contributed by atoms with Gasteiger partial charge in [0, 0.05) is 33.3 Å². The van der Waals surface area contributed by atoms with Crippen molar-refractivity contribution in [2.75, 3.05) is 33.1 Å².